The van der Waals surface area contributed by atoms with Crippen LogP contribution in [0.15, 0.2) is 291 Å². The molecule has 0 radical (unpaired) electrons. The molecule has 1 heterocycles. The van der Waals surface area contributed by atoms with Crippen molar-refractivity contribution in [1.82, 2.24) is 4.57 Å². The summed E-state index contributed by atoms with van der Waals surface area (Å²) >= 11 is 0. The summed E-state index contributed by atoms with van der Waals surface area (Å²) in [5.41, 5.74) is 26.6. The van der Waals surface area contributed by atoms with Crippen molar-refractivity contribution in [3.8, 4) is 72.4 Å². The third-order valence-corrected chi connectivity index (χ3v) is 16.0. The van der Waals surface area contributed by atoms with Gasteiger partial charge in [0.05, 0.1) is 16.4 Å². The lowest BCUT2D eigenvalue weighted by Crippen LogP contribution is -2.26. The maximum atomic E-state index is 2.51. The molecule has 0 atom stereocenters. The van der Waals surface area contributed by atoms with E-state index in [1.807, 2.05) is 0 Å². The van der Waals surface area contributed by atoms with Crippen LogP contribution in [0.25, 0.3) is 94.3 Å². The molecule has 0 saturated heterocycles. The van der Waals surface area contributed by atoms with Gasteiger partial charge >= 0.3 is 0 Å². The molecule has 1 spiro atoms. The zero-order valence-electron chi connectivity index (χ0n) is 41.1. The highest BCUT2D eigenvalue weighted by atomic mass is 15.1. The van der Waals surface area contributed by atoms with Crippen LogP contribution in [0.4, 0.5) is 17.1 Å². The van der Waals surface area contributed by atoms with Gasteiger partial charge in [0.15, 0.2) is 0 Å². The summed E-state index contributed by atoms with van der Waals surface area (Å²) in [7, 11) is 0. The molecule has 2 aliphatic carbocycles. The summed E-state index contributed by atoms with van der Waals surface area (Å²) in [5, 5.41) is 2.51. The van der Waals surface area contributed by atoms with E-state index in [4.69, 9.17) is 0 Å². The molecule has 0 N–H and O–H groups in total. The normalized spacial score (nSPS) is 12.6. The van der Waals surface area contributed by atoms with Crippen molar-refractivity contribution >= 4 is 38.9 Å². The highest BCUT2D eigenvalue weighted by molar-refractivity contribution is 6.10. The smallest absolute Gasteiger partial charge is 0.0725 e. The molecule has 0 unspecified atom stereocenters. The molecule has 0 bridgehead atoms. The number of benzene rings is 12. The number of nitrogens with zero attached hydrogens (tertiary/aromatic N) is 2. The molecular weight excluding hydrogens is 905 g/mol. The van der Waals surface area contributed by atoms with E-state index in [9.17, 15) is 0 Å². The standard InChI is InChI=1S/C73H48N2/c1-4-16-49(17-5-1)51-32-39-59(40-33-51)74(57-18-6-2-7-19-57)60-41-34-52(35-42-60)50-28-30-53(31-29-50)55-36-43-63-64-44-37-56(48-70(64)73(69(63)47-55)67-25-13-10-22-61(67)62-23-11-14-26-68(62)73)54-38-45-72-66(46-54)65-24-12-15-27-71(65)75(72)58-20-8-3-9-21-58/h1-48H. The minimum absolute atomic E-state index is 0.490. The van der Waals surface area contributed by atoms with Crippen molar-refractivity contribution in [2.24, 2.45) is 0 Å². The molecule has 0 saturated carbocycles. The van der Waals surface area contributed by atoms with Crippen molar-refractivity contribution in [2.75, 3.05) is 4.90 Å². The van der Waals surface area contributed by atoms with Crippen LogP contribution < -0.4 is 4.90 Å². The van der Waals surface area contributed by atoms with E-state index in [0.29, 0.717) is 0 Å². The zero-order valence-corrected chi connectivity index (χ0v) is 41.1. The van der Waals surface area contributed by atoms with E-state index < -0.39 is 5.41 Å². The lowest BCUT2D eigenvalue weighted by molar-refractivity contribution is 0.794. The van der Waals surface area contributed by atoms with Gasteiger partial charge in [-0.2, -0.15) is 0 Å². The Balaban J connectivity index is 0.798. The minimum Gasteiger partial charge on any atom is -0.311 e. The van der Waals surface area contributed by atoms with Crippen LogP contribution in [0.5, 0.6) is 0 Å². The Hall–Kier alpha value is -9.76. The Labute approximate surface area is 437 Å². The Morgan fingerprint density at radius 2 is 0.613 bits per heavy atom. The Morgan fingerprint density at radius 1 is 0.240 bits per heavy atom. The van der Waals surface area contributed by atoms with Gasteiger partial charge in [0.2, 0.25) is 0 Å². The predicted octanol–water partition coefficient (Wildman–Crippen LogP) is 19.3. The molecule has 2 heteroatoms. The van der Waals surface area contributed by atoms with Crippen LogP contribution in [-0.4, -0.2) is 4.57 Å². The van der Waals surface area contributed by atoms with E-state index in [1.54, 1.807) is 0 Å². The first-order valence-corrected chi connectivity index (χ1v) is 26.0. The maximum Gasteiger partial charge on any atom is 0.0725 e. The average molecular weight is 953 g/mol. The number of fused-ring (bicyclic) bond motifs is 13. The first-order chi connectivity index (χ1) is 37.2. The molecule has 0 amide bonds. The lowest BCUT2D eigenvalue weighted by atomic mass is 9.70. The van der Waals surface area contributed by atoms with Crippen LogP contribution in [-0.2, 0) is 5.41 Å². The van der Waals surface area contributed by atoms with Crippen molar-refractivity contribution in [3.63, 3.8) is 0 Å². The largest absolute Gasteiger partial charge is 0.311 e. The van der Waals surface area contributed by atoms with Crippen molar-refractivity contribution in [3.05, 3.63) is 313 Å². The SMILES string of the molecule is c1ccc(-c2ccc(N(c3ccccc3)c3ccc(-c4ccc(-c5ccc6c(c5)C5(c7ccccc7-c7ccccc75)c5cc(-c7ccc8c(c7)c7ccccc7n8-c7ccccc7)ccc5-6)cc4)cc3)cc2)cc1. The number of anilines is 3. The monoisotopic (exact) mass is 952 g/mol. The average Bonchev–Trinajstić information content (AvgIpc) is 4.28. The second kappa shape index (κ2) is 17.2. The summed E-state index contributed by atoms with van der Waals surface area (Å²) in [4.78, 5) is 2.33. The summed E-state index contributed by atoms with van der Waals surface area (Å²) in [6, 6.07) is 107. The second-order valence-corrected chi connectivity index (χ2v) is 20.0. The van der Waals surface area contributed by atoms with Gasteiger partial charge in [-0.05, 0) is 168 Å². The van der Waals surface area contributed by atoms with Gasteiger partial charge < -0.3 is 9.47 Å². The highest BCUT2D eigenvalue weighted by Gasteiger charge is 2.51. The number of rotatable bonds is 8. The first-order valence-electron chi connectivity index (χ1n) is 26.0. The van der Waals surface area contributed by atoms with E-state index in [2.05, 4.69) is 301 Å². The lowest BCUT2D eigenvalue weighted by Gasteiger charge is -2.31. The van der Waals surface area contributed by atoms with Crippen LogP contribution in [0.1, 0.15) is 22.3 Å². The van der Waals surface area contributed by atoms with Crippen molar-refractivity contribution in [1.29, 1.82) is 0 Å². The minimum atomic E-state index is -0.490. The fourth-order valence-electron chi connectivity index (χ4n) is 12.6. The molecule has 15 rings (SSSR count). The zero-order chi connectivity index (χ0) is 49.5. The third-order valence-electron chi connectivity index (χ3n) is 16.0. The fraction of sp³-hybridized carbons (Fsp3) is 0.0137. The molecule has 350 valence electrons. The summed E-state index contributed by atoms with van der Waals surface area (Å²) in [6.07, 6.45) is 0. The van der Waals surface area contributed by atoms with Gasteiger partial charge in [-0.1, -0.05) is 212 Å². The molecule has 2 nitrogen and oxygen atoms in total. The summed E-state index contributed by atoms with van der Waals surface area (Å²) in [5.74, 6) is 0. The molecule has 13 aromatic rings. The van der Waals surface area contributed by atoms with Gasteiger partial charge in [-0.15, -0.1) is 0 Å². The van der Waals surface area contributed by atoms with Gasteiger partial charge in [0.1, 0.15) is 0 Å². The van der Waals surface area contributed by atoms with Crippen LogP contribution in [0.2, 0.25) is 0 Å². The van der Waals surface area contributed by atoms with Crippen LogP contribution in [0, 0.1) is 0 Å². The molecule has 0 aliphatic heterocycles. The predicted molar refractivity (Wildman–Crippen MR) is 314 cm³/mol. The third kappa shape index (κ3) is 6.73. The van der Waals surface area contributed by atoms with Gasteiger partial charge in [-0.25, -0.2) is 0 Å². The molecule has 2 aliphatic rings. The van der Waals surface area contributed by atoms with E-state index in [1.165, 1.54) is 117 Å². The van der Waals surface area contributed by atoms with E-state index in [0.717, 1.165) is 17.1 Å². The highest BCUT2D eigenvalue weighted by Crippen LogP contribution is 2.63. The quantitative estimate of drug-likeness (QED) is 0.147. The first kappa shape index (κ1) is 42.9. The molecule has 0 fully saturated rings. The van der Waals surface area contributed by atoms with Gasteiger partial charge in [0.25, 0.3) is 0 Å². The molecule has 12 aromatic carbocycles. The molecular formula is C73H48N2. The maximum absolute atomic E-state index is 2.51. The fourth-order valence-corrected chi connectivity index (χ4v) is 12.6. The van der Waals surface area contributed by atoms with Crippen LogP contribution >= 0.6 is 0 Å². The van der Waals surface area contributed by atoms with E-state index >= 15 is 0 Å². The Bertz CT molecular complexity index is 4260. The molecule has 1 aromatic heterocycles. The number of hydrogen-bond acceptors (Lipinski definition) is 1. The topological polar surface area (TPSA) is 8.17 Å². The van der Waals surface area contributed by atoms with E-state index in [-0.39, 0.29) is 0 Å². The van der Waals surface area contributed by atoms with Crippen molar-refractivity contribution < 1.29 is 0 Å². The number of aromatic nitrogens is 1. The number of hydrogen-bond donors (Lipinski definition) is 0. The van der Waals surface area contributed by atoms with Gasteiger partial charge in [0, 0.05) is 33.5 Å². The Kier molecular flexibility index (Phi) is 9.83. The summed E-state index contributed by atoms with van der Waals surface area (Å²) in [6.45, 7) is 0. The molecule has 75 heavy (non-hydrogen) atoms. The number of para-hydroxylation sites is 3. The van der Waals surface area contributed by atoms with Crippen LogP contribution in [0.3, 0.4) is 0 Å². The second-order valence-electron chi connectivity index (χ2n) is 20.0. The summed E-state index contributed by atoms with van der Waals surface area (Å²) < 4.78 is 2.39. The Morgan fingerprint density at radius 3 is 1.20 bits per heavy atom. The van der Waals surface area contributed by atoms with Gasteiger partial charge in [-0.3, -0.25) is 0 Å². The van der Waals surface area contributed by atoms with Crippen molar-refractivity contribution in [2.45, 2.75) is 5.41 Å².